The molecule has 0 aliphatic rings. The zero-order valence-corrected chi connectivity index (χ0v) is 13.9. The Morgan fingerprint density at radius 1 is 1.16 bits per heavy atom. The number of aryl methyl sites for hydroxylation is 1. The molecule has 3 rings (SSSR count). The highest BCUT2D eigenvalue weighted by molar-refractivity contribution is 5.89. The number of benzene rings is 1. The first-order valence-corrected chi connectivity index (χ1v) is 7.74. The fraction of sp³-hybridized carbons (Fsp3) is 0.176. The van der Waals surface area contributed by atoms with Crippen molar-refractivity contribution in [3.05, 3.63) is 70.9 Å². The molecule has 3 aromatic rings. The van der Waals surface area contributed by atoms with E-state index >= 15 is 0 Å². The van der Waals surface area contributed by atoms with Crippen LogP contribution < -0.4 is 16.2 Å². The standard InChI is InChI=1S/C17H18N6O2/c1-12(13-5-7-14(8-6-13)23-11-9-18-21-23)19-17(25)20-15-4-3-10-22(2)16(15)24/h3-12H,1-2H3,(H2,19,20,25)/t12-/m1/s1. The monoisotopic (exact) mass is 338 g/mol. The van der Waals surface area contributed by atoms with Gasteiger partial charge in [0.15, 0.2) is 0 Å². The SMILES string of the molecule is C[C@@H](NC(=O)Nc1cccn(C)c1=O)c1ccc(-n2ccnn2)cc1. The van der Waals surface area contributed by atoms with Crippen LogP contribution in [0.5, 0.6) is 0 Å². The molecule has 1 atom stereocenters. The molecule has 0 saturated heterocycles. The van der Waals surface area contributed by atoms with E-state index in [-0.39, 0.29) is 17.3 Å². The van der Waals surface area contributed by atoms with E-state index in [0.29, 0.717) is 0 Å². The number of nitrogens with one attached hydrogen (secondary N) is 2. The predicted molar refractivity (Wildman–Crippen MR) is 93.6 cm³/mol. The van der Waals surface area contributed by atoms with Gasteiger partial charge in [-0.05, 0) is 36.8 Å². The minimum atomic E-state index is -0.434. The smallest absolute Gasteiger partial charge is 0.319 e. The van der Waals surface area contributed by atoms with Crippen LogP contribution in [-0.2, 0) is 7.05 Å². The van der Waals surface area contributed by atoms with Crippen molar-refractivity contribution in [3.63, 3.8) is 0 Å². The number of rotatable bonds is 4. The summed E-state index contributed by atoms with van der Waals surface area (Å²) in [6.07, 6.45) is 4.99. The van der Waals surface area contributed by atoms with Crippen LogP contribution >= 0.6 is 0 Å². The average Bonchev–Trinajstić information content (AvgIpc) is 3.13. The van der Waals surface area contributed by atoms with Gasteiger partial charge in [-0.3, -0.25) is 4.79 Å². The number of hydrogen-bond acceptors (Lipinski definition) is 4. The van der Waals surface area contributed by atoms with Crippen molar-refractivity contribution < 1.29 is 4.79 Å². The zero-order chi connectivity index (χ0) is 17.8. The van der Waals surface area contributed by atoms with E-state index in [1.165, 1.54) is 4.57 Å². The Kier molecular flexibility index (Phi) is 4.60. The second-order valence-electron chi connectivity index (χ2n) is 5.60. The van der Waals surface area contributed by atoms with E-state index in [9.17, 15) is 9.59 Å². The van der Waals surface area contributed by atoms with Crippen LogP contribution in [0.3, 0.4) is 0 Å². The molecular formula is C17H18N6O2. The molecule has 0 aliphatic carbocycles. The summed E-state index contributed by atoms with van der Waals surface area (Å²) in [6.45, 7) is 1.87. The third-order valence-electron chi connectivity index (χ3n) is 3.80. The average molecular weight is 338 g/mol. The number of carbonyl (C=O) groups excluding carboxylic acids is 1. The summed E-state index contributed by atoms with van der Waals surface area (Å²) in [5, 5.41) is 13.1. The maximum absolute atomic E-state index is 12.1. The summed E-state index contributed by atoms with van der Waals surface area (Å²) >= 11 is 0. The van der Waals surface area contributed by atoms with Crippen LogP contribution in [0.25, 0.3) is 5.69 Å². The molecular weight excluding hydrogens is 320 g/mol. The van der Waals surface area contributed by atoms with Crippen molar-refractivity contribution in [2.75, 3.05) is 5.32 Å². The predicted octanol–water partition coefficient (Wildman–Crippen LogP) is 1.85. The quantitative estimate of drug-likeness (QED) is 0.759. The third kappa shape index (κ3) is 3.74. The molecule has 2 amide bonds. The van der Waals surface area contributed by atoms with Crippen LogP contribution in [0, 0.1) is 0 Å². The van der Waals surface area contributed by atoms with Gasteiger partial charge in [0, 0.05) is 13.2 Å². The van der Waals surface area contributed by atoms with E-state index < -0.39 is 6.03 Å². The normalized spacial score (nSPS) is 11.8. The number of aromatic nitrogens is 4. The molecule has 0 fully saturated rings. The van der Waals surface area contributed by atoms with E-state index in [0.717, 1.165) is 11.3 Å². The van der Waals surface area contributed by atoms with E-state index in [4.69, 9.17) is 0 Å². The van der Waals surface area contributed by atoms with E-state index in [2.05, 4.69) is 20.9 Å². The van der Waals surface area contributed by atoms with Crippen molar-refractivity contribution in [1.29, 1.82) is 0 Å². The number of pyridine rings is 1. The molecule has 25 heavy (non-hydrogen) atoms. The highest BCUT2D eigenvalue weighted by Crippen LogP contribution is 2.15. The lowest BCUT2D eigenvalue weighted by atomic mass is 10.1. The van der Waals surface area contributed by atoms with Crippen molar-refractivity contribution in [3.8, 4) is 5.69 Å². The molecule has 1 aromatic carbocycles. The maximum Gasteiger partial charge on any atom is 0.319 e. The Hall–Kier alpha value is -3.42. The summed E-state index contributed by atoms with van der Waals surface area (Å²) < 4.78 is 3.06. The Morgan fingerprint density at radius 2 is 1.92 bits per heavy atom. The Morgan fingerprint density at radius 3 is 2.60 bits per heavy atom. The number of nitrogens with zero attached hydrogens (tertiary/aromatic N) is 4. The molecule has 8 nitrogen and oxygen atoms in total. The van der Waals surface area contributed by atoms with Gasteiger partial charge in [-0.2, -0.15) is 0 Å². The zero-order valence-electron chi connectivity index (χ0n) is 13.9. The molecule has 0 radical (unpaired) electrons. The molecule has 2 heterocycles. The minimum Gasteiger partial charge on any atom is -0.331 e. The first-order valence-electron chi connectivity index (χ1n) is 7.74. The Balaban J connectivity index is 1.65. The van der Waals surface area contributed by atoms with Gasteiger partial charge in [0.05, 0.1) is 24.1 Å². The number of urea groups is 1. The van der Waals surface area contributed by atoms with Gasteiger partial charge in [-0.1, -0.05) is 17.3 Å². The van der Waals surface area contributed by atoms with Crippen LogP contribution in [0.2, 0.25) is 0 Å². The fourth-order valence-corrected chi connectivity index (χ4v) is 2.39. The van der Waals surface area contributed by atoms with Gasteiger partial charge in [-0.15, -0.1) is 5.10 Å². The molecule has 0 bridgehead atoms. The Labute approximate surface area is 144 Å². The van der Waals surface area contributed by atoms with Crippen molar-refractivity contribution in [1.82, 2.24) is 24.9 Å². The Bertz CT molecular complexity index is 915. The van der Waals surface area contributed by atoms with Gasteiger partial charge >= 0.3 is 6.03 Å². The van der Waals surface area contributed by atoms with Gasteiger partial charge in [0.1, 0.15) is 5.69 Å². The van der Waals surface area contributed by atoms with Gasteiger partial charge < -0.3 is 15.2 Å². The number of carbonyl (C=O) groups is 1. The van der Waals surface area contributed by atoms with E-state index in [1.807, 2.05) is 31.2 Å². The molecule has 2 aromatic heterocycles. The maximum atomic E-state index is 12.1. The summed E-state index contributed by atoms with van der Waals surface area (Å²) in [6, 6.07) is 10.2. The topological polar surface area (TPSA) is 93.8 Å². The van der Waals surface area contributed by atoms with Gasteiger partial charge in [0.25, 0.3) is 5.56 Å². The van der Waals surface area contributed by atoms with Crippen LogP contribution in [0.15, 0.2) is 59.8 Å². The second-order valence-corrected chi connectivity index (χ2v) is 5.60. The minimum absolute atomic E-state index is 0.225. The second kappa shape index (κ2) is 7.00. The van der Waals surface area contributed by atoms with Crippen molar-refractivity contribution >= 4 is 11.7 Å². The van der Waals surface area contributed by atoms with Crippen LogP contribution in [-0.4, -0.2) is 25.6 Å². The lowest BCUT2D eigenvalue weighted by Crippen LogP contribution is -2.33. The molecule has 8 heteroatoms. The van der Waals surface area contributed by atoms with Gasteiger partial charge in [-0.25, -0.2) is 9.48 Å². The molecule has 2 N–H and O–H groups in total. The van der Waals surface area contributed by atoms with Crippen molar-refractivity contribution in [2.45, 2.75) is 13.0 Å². The molecule has 0 spiro atoms. The van der Waals surface area contributed by atoms with E-state index in [1.54, 1.807) is 42.5 Å². The summed E-state index contributed by atoms with van der Waals surface area (Å²) in [5.41, 5.74) is 1.78. The first kappa shape index (κ1) is 16.4. The highest BCUT2D eigenvalue weighted by Gasteiger charge is 2.11. The highest BCUT2D eigenvalue weighted by atomic mass is 16.2. The largest absolute Gasteiger partial charge is 0.331 e. The summed E-state index contributed by atoms with van der Waals surface area (Å²) in [7, 11) is 1.63. The molecule has 0 unspecified atom stereocenters. The molecule has 128 valence electrons. The first-order chi connectivity index (χ1) is 12.0. The summed E-state index contributed by atoms with van der Waals surface area (Å²) in [5.74, 6) is 0. The lowest BCUT2D eigenvalue weighted by Gasteiger charge is -2.15. The molecule has 0 aliphatic heterocycles. The molecule has 0 saturated carbocycles. The van der Waals surface area contributed by atoms with Crippen molar-refractivity contribution in [2.24, 2.45) is 7.05 Å². The third-order valence-corrected chi connectivity index (χ3v) is 3.80. The summed E-state index contributed by atoms with van der Waals surface area (Å²) in [4.78, 5) is 24.0. The number of amides is 2. The van der Waals surface area contributed by atoms with Crippen LogP contribution in [0.1, 0.15) is 18.5 Å². The fourth-order valence-electron chi connectivity index (χ4n) is 2.39. The number of anilines is 1. The number of hydrogen-bond donors (Lipinski definition) is 2. The van der Waals surface area contributed by atoms with Gasteiger partial charge in [0.2, 0.25) is 0 Å². The lowest BCUT2D eigenvalue weighted by molar-refractivity contribution is 0.249. The van der Waals surface area contributed by atoms with Crippen LogP contribution in [0.4, 0.5) is 10.5 Å².